The number of nitrogens with zero attached hydrogens (tertiary/aromatic N) is 2. The highest BCUT2D eigenvalue weighted by Crippen LogP contribution is 2.29. The van der Waals surface area contributed by atoms with Gasteiger partial charge in [-0.2, -0.15) is 0 Å². The van der Waals surface area contributed by atoms with Crippen LogP contribution in [0.2, 0.25) is 10.0 Å². The lowest BCUT2D eigenvalue weighted by Crippen LogP contribution is -2.43. The summed E-state index contributed by atoms with van der Waals surface area (Å²) in [5.74, 6) is -0.525. The van der Waals surface area contributed by atoms with Crippen LogP contribution in [-0.4, -0.2) is 34.3 Å². The van der Waals surface area contributed by atoms with Crippen molar-refractivity contribution in [2.75, 3.05) is 11.9 Å². The Hall–Kier alpha value is -2.15. The van der Waals surface area contributed by atoms with Gasteiger partial charge in [-0.3, -0.25) is 9.59 Å². The number of hydrogen-bond donors (Lipinski definition) is 1. The molecule has 1 aliphatic rings. The number of carbonyl (C=O) groups excluding carboxylic acids is 2. The van der Waals surface area contributed by atoms with Crippen molar-refractivity contribution in [3.63, 3.8) is 0 Å². The van der Waals surface area contributed by atoms with Gasteiger partial charge in [0.2, 0.25) is 5.91 Å². The maximum atomic E-state index is 12.9. The number of halogens is 2. The summed E-state index contributed by atoms with van der Waals surface area (Å²) in [4.78, 5) is 31.7. The summed E-state index contributed by atoms with van der Waals surface area (Å²) in [5.41, 5.74) is 1.15. The number of fused-ring (bicyclic) bond motifs is 1. The summed E-state index contributed by atoms with van der Waals surface area (Å²) in [6.45, 7) is 0.500. The summed E-state index contributed by atoms with van der Waals surface area (Å²) >= 11 is 13.6. The SMILES string of the molecule is O=C(Nc1nc2ccccc2s1)C1CCCN1C(=O)c1cc(Cl)ccc1Cl. The van der Waals surface area contributed by atoms with Gasteiger partial charge in [0.25, 0.3) is 5.91 Å². The number of rotatable bonds is 3. The molecule has 2 aromatic carbocycles. The number of hydrogen-bond acceptors (Lipinski definition) is 4. The second-order valence-electron chi connectivity index (χ2n) is 6.26. The van der Waals surface area contributed by atoms with Crippen molar-refractivity contribution in [1.29, 1.82) is 0 Å². The minimum Gasteiger partial charge on any atom is -0.327 e. The van der Waals surface area contributed by atoms with Gasteiger partial charge in [0.05, 0.1) is 20.8 Å². The third-order valence-electron chi connectivity index (χ3n) is 4.50. The Morgan fingerprint density at radius 2 is 2.00 bits per heavy atom. The van der Waals surface area contributed by atoms with Gasteiger partial charge in [-0.1, -0.05) is 46.7 Å². The van der Waals surface area contributed by atoms with Crippen molar-refractivity contribution in [3.8, 4) is 0 Å². The first-order valence-electron chi connectivity index (χ1n) is 8.45. The number of benzene rings is 2. The molecule has 4 rings (SSSR count). The quantitative estimate of drug-likeness (QED) is 0.659. The van der Waals surface area contributed by atoms with Gasteiger partial charge in [-0.25, -0.2) is 4.98 Å². The van der Waals surface area contributed by atoms with Crippen LogP contribution in [-0.2, 0) is 4.79 Å². The molecule has 1 N–H and O–H groups in total. The van der Waals surface area contributed by atoms with E-state index in [9.17, 15) is 9.59 Å². The third kappa shape index (κ3) is 3.65. The van der Waals surface area contributed by atoms with Crippen molar-refractivity contribution >= 4 is 61.7 Å². The molecule has 3 aromatic rings. The average Bonchev–Trinajstić information content (AvgIpc) is 3.29. The summed E-state index contributed by atoms with van der Waals surface area (Å²) < 4.78 is 0.998. The van der Waals surface area contributed by atoms with Crippen molar-refractivity contribution in [3.05, 3.63) is 58.1 Å². The molecule has 2 amide bonds. The second-order valence-corrected chi connectivity index (χ2v) is 8.13. The van der Waals surface area contributed by atoms with Crippen LogP contribution in [0.25, 0.3) is 10.2 Å². The van der Waals surface area contributed by atoms with Crippen molar-refractivity contribution < 1.29 is 9.59 Å². The van der Waals surface area contributed by atoms with Crippen LogP contribution in [0.5, 0.6) is 0 Å². The van der Waals surface area contributed by atoms with E-state index < -0.39 is 6.04 Å². The van der Waals surface area contributed by atoms with Gasteiger partial charge in [-0.05, 0) is 43.2 Å². The number of amides is 2. The number of likely N-dealkylation sites (tertiary alicyclic amines) is 1. The molecule has 1 saturated heterocycles. The average molecular weight is 420 g/mol. The Morgan fingerprint density at radius 1 is 1.19 bits per heavy atom. The molecule has 27 heavy (non-hydrogen) atoms. The first-order chi connectivity index (χ1) is 13.0. The minimum atomic E-state index is -0.556. The zero-order valence-corrected chi connectivity index (χ0v) is 16.4. The molecule has 0 radical (unpaired) electrons. The Kier molecular flexibility index (Phi) is 5.04. The smallest absolute Gasteiger partial charge is 0.256 e. The number of para-hydroxylation sites is 1. The van der Waals surface area contributed by atoms with Crippen molar-refractivity contribution in [2.24, 2.45) is 0 Å². The summed E-state index contributed by atoms with van der Waals surface area (Å²) in [5, 5.41) is 4.13. The largest absolute Gasteiger partial charge is 0.327 e. The molecule has 2 heterocycles. The molecule has 1 aromatic heterocycles. The monoisotopic (exact) mass is 419 g/mol. The third-order valence-corrected chi connectivity index (χ3v) is 6.02. The van der Waals surface area contributed by atoms with E-state index in [1.807, 2.05) is 24.3 Å². The lowest BCUT2D eigenvalue weighted by molar-refractivity contribution is -0.119. The van der Waals surface area contributed by atoms with Crippen LogP contribution >= 0.6 is 34.5 Å². The summed E-state index contributed by atoms with van der Waals surface area (Å²) in [7, 11) is 0. The molecule has 138 valence electrons. The van der Waals surface area contributed by atoms with Crippen molar-refractivity contribution in [1.82, 2.24) is 9.88 Å². The van der Waals surface area contributed by atoms with E-state index in [1.165, 1.54) is 17.4 Å². The van der Waals surface area contributed by atoms with Crippen molar-refractivity contribution in [2.45, 2.75) is 18.9 Å². The molecule has 0 saturated carbocycles. The standard InChI is InChI=1S/C19H15Cl2N3O2S/c20-11-7-8-13(21)12(10-11)18(26)24-9-3-5-15(24)17(25)23-19-22-14-4-1-2-6-16(14)27-19/h1-2,4,6-8,10,15H,3,5,9H2,(H,22,23,25). The zero-order chi connectivity index (χ0) is 19.0. The lowest BCUT2D eigenvalue weighted by Gasteiger charge is -2.24. The van der Waals surface area contributed by atoms with Gasteiger partial charge >= 0.3 is 0 Å². The first-order valence-corrected chi connectivity index (χ1v) is 10.0. The van der Waals surface area contributed by atoms with Gasteiger partial charge in [0.15, 0.2) is 5.13 Å². The molecule has 1 fully saturated rings. The highest BCUT2D eigenvalue weighted by atomic mass is 35.5. The van der Waals surface area contributed by atoms with E-state index in [2.05, 4.69) is 10.3 Å². The molecular weight excluding hydrogens is 405 g/mol. The normalized spacial score (nSPS) is 16.7. The fraction of sp³-hybridized carbons (Fsp3) is 0.211. The highest BCUT2D eigenvalue weighted by molar-refractivity contribution is 7.22. The molecule has 0 spiro atoms. The Bertz CT molecular complexity index is 1000. The van der Waals surface area contributed by atoms with Crippen LogP contribution in [0.1, 0.15) is 23.2 Å². The van der Waals surface area contributed by atoms with Gasteiger partial charge in [0, 0.05) is 11.6 Å². The minimum absolute atomic E-state index is 0.238. The Labute approximate surface area is 169 Å². The van der Waals surface area contributed by atoms with Crippen LogP contribution in [0.15, 0.2) is 42.5 Å². The molecule has 8 heteroatoms. The number of carbonyl (C=O) groups is 2. The molecule has 1 atom stereocenters. The number of thiazole rings is 1. The first kappa shape index (κ1) is 18.2. The van der Waals surface area contributed by atoms with E-state index in [0.29, 0.717) is 33.7 Å². The topological polar surface area (TPSA) is 62.3 Å². The molecule has 1 aliphatic heterocycles. The predicted octanol–water partition coefficient (Wildman–Crippen LogP) is 4.85. The predicted molar refractivity (Wildman–Crippen MR) is 109 cm³/mol. The van der Waals surface area contributed by atoms with Crippen LogP contribution in [0, 0.1) is 0 Å². The number of aromatic nitrogens is 1. The van der Waals surface area contributed by atoms with E-state index in [0.717, 1.165) is 16.6 Å². The second kappa shape index (κ2) is 7.46. The molecule has 0 aliphatic carbocycles. The highest BCUT2D eigenvalue weighted by Gasteiger charge is 2.35. The van der Waals surface area contributed by atoms with E-state index >= 15 is 0 Å². The molecule has 1 unspecified atom stereocenters. The van der Waals surface area contributed by atoms with Gasteiger partial charge in [-0.15, -0.1) is 0 Å². The van der Waals surface area contributed by atoms with E-state index in [1.54, 1.807) is 17.0 Å². The van der Waals surface area contributed by atoms with E-state index in [4.69, 9.17) is 23.2 Å². The Balaban J connectivity index is 1.54. The molecular formula is C19H15Cl2N3O2S. The number of nitrogens with one attached hydrogen (secondary N) is 1. The maximum absolute atomic E-state index is 12.9. The lowest BCUT2D eigenvalue weighted by atomic mass is 10.1. The van der Waals surface area contributed by atoms with Gasteiger partial charge < -0.3 is 10.2 Å². The fourth-order valence-corrected chi connectivity index (χ4v) is 4.45. The maximum Gasteiger partial charge on any atom is 0.256 e. The fourth-order valence-electron chi connectivity index (χ4n) is 3.21. The Morgan fingerprint density at radius 3 is 2.81 bits per heavy atom. The van der Waals surface area contributed by atoms with Crippen LogP contribution < -0.4 is 5.32 Å². The van der Waals surface area contributed by atoms with Crippen LogP contribution in [0.4, 0.5) is 5.13 Å². The van der Waals surface area contributed by atoms with E-state index in [-0.39, 0.29) is 11.8 Å². The molecule has 5 nitrogen and oxygen atoms in total. The van der Waals surface area contributed by atoms with Gasteiger partial charge in [0.1, 0.15) is 6.04 Å². The summed E-state index contributed by atoms with van der Waals surface area (Å²) in [6, 6.07) is 11.9. The zero-order valence-electron chi connectivity index (χ0n) is 14.1. The summed E-state index contributed by atoms with van der Waals surface area (Å²) in [6.07, 6.45) is 1.35. The number of anilines is 1. The molecule has 0 bridgehead atoms. The van der Waals surface area contributed by atoms with Crippen LogP contribution in [0.3, 0.4) is 0 Å².